The van der Waals surface area contributed by atoms with Crippen LogP contribution in [0.25, 0.3) is 6.08 Å². The fourth-order valence-electron chi connectivity index (χ4n) is 3.92. The molecule has 190 valence electrons. The number of rotatable bonds is 7. The summed E-state index contributed by atoms with van der Waals surface area (Å²) >= 11 is 4.98. The zero-order valence-electron chi connectivity index (χ0n) is 20.9. The maximum Gasteiger partial charge on any atom is 0.271 e. The van der Waals surface area contributed by atoms with Crippen LogP contribution >= 0.6 is 27.7 Å². The van der Waals surface area contributed by atoms with E-state index in [0.717, 1.165) is 27.0 Å². The number of methoxy groups -OCH3 is 1. The van der Waals surface area contributed by atoms with Crippen LogP contribution in [0, 0.1) is 6.92 Å². The summed E-state index contributed by atoms with van der Waals surface area (Å²) in [4.78, 5) is 20.6. The van der Waals surface area contributed by atoms with Gasteiger partial charge in [0.05, 0.1) is 27.9 Å². The van der Waals surface area contributed by atoms with Crippen molar-refractivity contribution in [3.8, 4) is 11.5 Å². The third kappa shape index (κ3) is 5.85. The lowest BCUT2D eigenvalue weighted by Gasteiger charge is -2.15. The Bertz CT molecular complexity index is 1500. The molecule has 5 rings (SSSR count). The number of benzene rings is 4. The van der Waals surface area contributed by atoms with E-state index < -0.39 is 0 Å². The number of nitrogens with zero attached hydrogens (tertiary/aromatic N) is 2. The summed E-state index contributed by atoms with van der Waals surface area (Å²) in [5, 5.41) is 0.600. The van der Waals surface area contributed by atoms with Gasteiger partial charge in [-0.15, -0.1) is 0 Å². The molecule has 4 aromatic carbocycles. The number of anilines is 1. The van der Waals surface area contributed by atoms with Gasteiger partial charge in [0.1, 0.15) is 6.61 Å². The summed E-state index contributed by atoms with van der Waals surface area (Å²) in [6.07, 6.45) is 1.85. The van der Waals surface area contributed by atoms with Crippen LogP contribution in [0.4, 0.5) is 11.4 Å². The molecule has 0 aromatic heterocycles. The zero-order valence-corrected chi connectivity index (χ0v) is 23.3. The van der Waals surface area contributed by atoms with E-state index in [4.69, 9.17) is 14.5 Å². The van der Waals surface area contributed by atoms with Crippen molar-refractivity contribution in [3.63, 3.8) is 0 Å². The maximum atomic E-state index is 13.6. The van der Waals surface area contributed by atoms with E-state index in [-0.39, 0.29) is 5.91 Å². The largest absolute Gasteiger partial charge is 0.493 e. The first-order valence-electron chi connectivity index (χ1n) is 12.0. The number of amides is 1. The van der Waals surface area contributed by atoms with E-state index in [1.807, 2.05) is 91.0 Å². The van der Waals surface area contributed by atoms with E-state index in [0.29, 0.717) is 28.2 Å². The monoisotopic (exact) mass is 584 g/mol. The molecule has 0 radical (unpaired) electrons. The second-order valence-corrected chi connectivity index (χ2v) is 10.5. The smallest absolute Gasteiger partial charge is 0.271 e. The van der Waals surface area contributed by atoms with E-state index in [2.05, 4.69) is 35.0 Å². The van der Waals surface area contributed by atoms with Gasteiger partial charge in [-0.05, 0) is 88.2 Å². The Morgan fingerprint density at radius 1 is 0.947 bits per heavy atom. The van der Waals surface area contributed by atoms with Crippen LogP contribution in [-0.4, -0.2) is 18.2 Å². The van der Waals surface area contributed by atoms with Crippen LogP contribution in [0.15, 0.2) is 111 Å². The van der Waals surface area contributed by atoms with Gasteiger partial charge in [0.15, 0.2) is 16.7 Å². The van der Waals surface area contributed by atoms with Crippen molar-refractivity contribution in [2.24, 2.45) is 4.99 Å². The molecule has 5 nitrogen and oxygen atoms in total. The molecule has 1 aliphatic heterocycles. The molecule has 0 unspecified atom stereocenters. The minimum Gasteiger partial charge on any atom is -0.493 e. The van der Waals surface area contributed by atoms with Gasteiger partial charge >= 0.3 is 0 Å². The van der Waals surface area contributed by atoms with Gasteiger partial charge in [0.25, 0.3) is 5.91 Å². The SMILES string of the molecule is COc1cc(/C=C2\SC(=Nc3ccccc3)N(c3ccccc3)C2=O)cc(Br)c1OCc1ccc(C)cc1. The number of carbonyl (C=O) groups is 1. The van der Waals surface area contributed by atoms with E-state index in [1.165, 1.54) is 17.3 Å². The molecule has 1 fully saturated rings. The molecular formula is C31H25BrN2O3S. The first kappa shape index (κ1) is 25.8. The second kappa shape index (κ2) is 11.7. The van der Waals surface area contributed by atoms with Crippen LogP contribution in [0.3, 0.4) is 0 Å². The topological polar surface area (TPSA) is 51.1 Å². The second-order valence-electron chi connectivity index (χ2n) is 8.63. The summed E-state index contributed by atoms with van der Waals surface area (Å²) < 4.78 is 12.5. The Hall–Kier alpha value is -3.81. The van der Waals surface area contributed by atoms with Crippen molar-refractivity contribution >= 4 is 56.2 Å². The van der Waals surface area contributed by atoms with Crippen molar-refractivity contribution in [3.05, 3.63) is 123 Å². The summed E-state index contributed by atoms with van der Waals surface area (Å²) in [5.41, 5.74) is 4.62. The van der Waals surface area contributed by atoms with Crippen molar-refractivity contribution in [2.45, 2.75) is 13.5 Å². The number of thioether (sulfide) groups is 1. The van der Waals surface area contributed by atoms with Gasteiger partial charge in [-0.3, -0.25) is 9.69 Å². The lowest BCUT2D eigenvalue weighted by Crippen LogP contribution is -2.28. The molecule has 1 heterocycles. The molecular weight excluding hydrogens is 560 g/mol. The number of aliphatic imine (C=N–C) groups is 1. The van der Waals surface area contributed by atoms with Crippen LogP contribution in [0.1, 0.15) is 16.7 Å². The molecule has 0 atom stereocenters. The van der Waals surface area contributed by atoms with Crippen molar-refractivity contribution in [1.82, 2.24) is 0 Å². The van der Waals surface area contributed by atoms with E-state index in [9.17, 15) is 4.79 Å². The first-order chi connectivity index (χ1) is 18.5. The Morgan fingerprint density at radius 3 is 2.32 bits per heavy atom. The van der Waals surface area contributed by atoms with Gasteiger partial charge in [0, 0.05) is 0 Å². The highest BCUT2D eigenvalue weighted by Gasteiger charge is 2.34. The molecule has 38 heavy (non-hydrogen) atoms. The molecule has 1 amide bonds. The average Bonchev–Trinajstić information content (AvgIpc) is 3.23. The minimum atomic E-state index is -0.134. The molecule has 0 bridgehead atoms. The minimum absolute atomic E-state index is 0.134. The molecule has 1 saturated heterocycles. The van der Waals surface area contributed by atoms with E-state index >= 15 is 0 Å². The van der Waals surface area contributed by atoms with E-state index in [1.54, 1.807) is 12.0 Å². The van der Waals surface area contributed by atoms with Crippen LogP contribution < -0.4 is 14.4 Å². The molecule has 0 aliphatic carbocycles. The number of aryl methyl sites for hydroxylation is 1. The predicted molar refractivity (Wildman–Crippen MR) is 159 cm³/mol. The Morgan fingerprint density at radius 2 is 1.63 bits per heavy atom. The van der Waals surface area contributed by atoms with Gasteiger partial charge in [-0.25, -0.2) is 4.99 Å². The lowest BCUT2D eigenvalue weighted by atomic mass is 10.1. The number of ether oxygens (including phenoxy) is 2. The highest BCUT2D eigenvalue weighted by atomic mass is 79.9. The summed E-state index contributed by atoms with van der Waals surface area (Å²) in [6, 6.07) is 31.2. The number of hydrogen-bond donors (Lipinski definition) is 0. The molecule has 1 aliphatic rings. The first-order valence-corrected chi connectivity index (χ1v) is 13.6. The van der Waals surface area contributed by atoms with Crippen LogP contribution in [0.5, 0.6) is 11.5 Å². The molecule has 7 heteroatoms. The third-order valence-electron chi connectivity index (χ3n) is 5.86. The molecule has 0 N–H and O–H groups in total. The third-order valence-corrected chi connectivity index (χ3v) is 7.41. The van der Waals surface area contributed by atoms with Gasteiger partial charge in [-0.2, -0.15) is 0 Å². The van der Waals surface area contributed by atoms with Gasteiger partial charge in [-0.1, -0.05) is 66.2 Å². The van der Waals surface area contributed by atoms with Crippen molar-refractivity contribution in [1.29, 1.82) is 0 Å². The van der Waals surface area contributed by atoms with Gasteiger partial charge in [0.2, 0.25) is 0 Å². The highest BCUT2D eigenvalue weighted by Crippen LogP contribution is 2.41. The molecule has 0 saturated carbocycles. The number of para-hydroxylation sites is 2. The summed E-state index contributed by atoms with van der Waals surface area (Å²) in [7, 11) is 1.61. The molecule has 4 aromatic rings. The lowest BCUT2D eigenvalue weighted by molar-refractivity contribution is -0.113. The van der Waals surface area contributed by atoms with Gasteiger partial charge < -0.3 is 9.47 Å². The fraction of sp³-hybridized carbons (Fsp3) is 0.0968. The highest BCUT2D eigenvalue weighted by molar-refractivity contribution is 9.10. The summed E-state index contributed by atoms with van der Waals surface area (Å²) in [6.45, 7) is 2.47. The quantitative estimate of drug-likeness (QED) is 0.206. The predicted octanol–water partition coefficient (Wildman–Crippen LogP) is 8.15. The average molecular weight is 586 g/mol. The fourth-order valence-corrected chi connectivity index (χ4v) is 5.50. The Kier molecular flexibility index (Phi) is 7.96. The zero-order chi connectivity index (χ0) is 26.5. The maximum absolute atomic E-state index is 13.6. The Balaban J connectivity index is 1.45. The van der Waals surface area contributed by atoms with Crippen molar-refractivity contribution in [2.75, 3.05) is 12.0 Å². The molecule has 0 spiro atoms. The van der Waals surface area contributed by atoms with Crippen LogP contribution in [0.2, 0.25) is 0 Å². The van der Waals surface area contributed by atoms with Crippen molar-refractivity contribution < 1.29 is 14.3 Å². The normalized spacial score (nSPS) is 15.3. The number of halogens is 1. The van der Waals surface area contributed by atoms with Crippen LogP contribution in [-0.2, 0) is 11.4 Å². The Labute approximate surface area is 234 Å². The number of hydrogen-bond acceptors (Lipinski definition) is 5. The number of carbonyl (C=O) groups excluding carboxylic acids is 1. The number of amidine groups is 1. The standard InChI is InChI=1S/C31H25BrN2O3S/c1-21-13-15-22(16-14-21)20-37-29-26(32)17-23(18-27(29)36-2)19-28-30(35)34(25-11-7-4-8-12-25)31(38-28)33-24-9-5-3-6-10-24/h3-19H,20H2,1-2H3/b28-19-,33-31?. The summed E-state index contributed by atoms with van der Waals surface area (Å²) in [5.74, 6) is 1.05.